The molecule has 0 nitrogen and oxygen atoms in total. The van der Waals surface area contributed by atoms with Crippen LogP contribution in [0.15, 0.2) is 24.3 Å². The van der Waals surface area contributed by atoms with Crippen LogP contribution >= 0.6 is 11.6 Å². The molecule has 1 rings (SSSR count). The third-order valence-corrected chi connectivity index (χ3v) is 5.31. The summed E-state index contributed by atoms with van der Waals surface area (Å²) in [7, 11) is 0. The summed E-state index contributed by atoms with van der Waals surface area (Å²) in [6.07, 6.45) is 4.73. The molecule has 0 fully saturated rings. The molecule has 0 heterocycles. The fourth-order valence-electron chi connectivity index (χ4n) is 2.99. The molecule has 0 N–H and O–H groups in total. The highest BCUT2D eigenvalue weighted by molar-refractivity contribution is 6.23. The molecule has 21 heavy (non-hydrogen) atoms. The molecule has 0 radical (unpaired) electrons. The van der Waals surface area contributed by atoms with E-state index in [-0.39, 0.29) is 4.87 Å². The highest BCUT2D eigenvalue weighted by atomic mass is 35.5. The molecule has 0 aliphatic heterocycles. The minimum atomic E-state index is -0.248. The normalized spacial score (nSPS) is 18.8. The van der Waals surface area contributed by atoms with E-state index in [9.17, 15) is 0 Å². The smallest absolute Gasteiger partial charge is 0.0669 e. The lowest BCUT2D eigenvalue weighted by Gasteiger charge is -2.27. The number of alkyl halides is 1. The van der Waals surface area contributed by atoms with Crippen LogP contribution in [0, 0.1) is 11.8 Å². The Morgan fingerprint density at radius 3 is 2.24 bits per heavy atom. The van der Waals surface area contributed by atoms with E-state index in [1.807, 2.05) is 0 Å². The maximum Gasteiger partial charge on any atom is 0.0669 e. The molecule has 0 saturated heterocycles. The van der Waals surface area contributed by atoms with Gasteiger partial charge in [0.2, 0.25) is 0 Å². The molecule has 4 atom stereocenters. The van der Waals surface area contributed by atoms with E-state index in [2.05, 4.69) is 65.8 Å². The van der Waals surface area contributed by atoms with Crippen LogP contribution in [0.25, 0.3) is 0 Å². The van der Waals surface area contributed by atoms with Crippen LogP contribution in [0.3, 0.4) is 0 Å². The van der Waals surface area contributed by atoms with E-state index in [4.69, 9.17) is 11.6 Å². The van der Waals surface area contributed by atoms with Gasteiger partial charge in [-0.25, -0.2) is 0 Å². The predicted molar refractivity (Wildman–Crippen MR) is 96.2 cm³/mol. The predicted octanol–water partition coefficient (Wildman–Crippen LogP) is 7.12. The summed E-state index contributed by atoms with van der Waals surface area (Å²) in [5.74, 6) is 2.05. The van der Waals surface area contributed by atoms with Gasteiger partial charge >= 0.3 is 0 Å². The Labute approximate surface area is 137 Å². The van der Waals surface area contributed by atoms with E-state index in [1.54, 1.807) is 0 Å². The summed E-state index contributed by atoms with van der Waals surface area (Å²) < 4.78 is 0. The molecular weight excluding hydrogens is 276 g/mol. The molecule has 1 aromatic carbocycles. The van der Waals surface area contributed by atoms with Crippen LogP contribution < -0.4 is 0 Å². The van der Waals surface area contributed by atoms with Crippen molar-refractivity contribution in [2.75, 3.05) is 0 Å². The van der Waals surface area contributed by atoms with Crippen LogP contribution in [0.2, 0.25) is 0 Å². The first kappa shape index (κ1) is 18.6. The summed E-state index contributed by atoms with van der Waals surface area (Å²) in [6, 6.07) is 8.96. The molecule has 0 aromatic heterocycles. The van der Waals surface area contributed by atoms with E-state index in [0.717, 1.165) is 12.3 Å². The highest BCUT2D eigenvalue weighted by Crippen LogP contribution is 2.37. The molecule has 0 aliphatic rings. The van der Waals surface area contributed by atoms with Crippen molar-refractivity contribution in [3.8, 4) is 0 Å². The molecule has 0 bridgehead atoms. The van der Waals surface area contributed by atoms with Crippen molar-refractivity contribution in [1.82, 2.24) is 0 Å². The lowest BCUT2D eigenvalue weighted by Crippen LogP contribution is -2.18. The van der Waals surface area contributed by atoms with E-state index in [0.29, 0.717) is 11.8 Å². The Hall–Kier alpha value is -0.490. The zero-order chi connectivity index (χ0) is 16.0. The average molecular weight is 309 g/mol. The number of hydrogen-bond acceptors (Lipinski definition) is 0. The second kappa shape index (κ2) is 8.22. The maximum absolute atomic E-state index is 6.84. The molecule has 0 aliphatic carbocycles. The first-order valence-electron chi connectivity index (χ1n) is 8.59. The van der Waals surface area contributed by atoms with Crippen molar-refractivity contribution in [2.24, 2.45) is 11.8 Å². The summed E-state index contributed by atoms with van der Waals surface area (Å²) in [5.41, 5.74) is 2.71. The Bertz CT molecular complexity index is 422. The minimum Gasteiger partial charge on any atom is -0.114 e. The summed E-state index contributed by atoms with van der Waals surface area (Å²) in [5, 5.41) is 0. The van der Waals surface area contributed by atoms with Gasteiger partial charge < -0.3 is 0 Å². The summed E-state index contributed by atoms with van der Waals surface area (Å²) in [6.45, 7) is 13.6. The Morgan fingerprint density at radius 1 is 1.05 bits per heavy atom. The van der Waals surface area contributed by atoms with Gasteiger partial charge in [-0.05, 0) is 48.6 Å². The highest BCUT2D eigenvalue weighted by Gasteiger charge is 2.26. The lowest BCUT2D eigenvalue weighted by atomic mass is 9.85. The maximum atomic E-state index is 6.84. The number of rotatable bonds is 8. The van der Waals surface area contributed by atoms with Gasteiger partial charge in [0.1, 0.15) is 0 Å². The molecule has 120 valence electrons. The topological polar surface area (TPSA) is 0 Å². The second-order valence-corrected chi connectivity index (χ2v) is 8.02. The van der Waals surface area contributed by atoms with Crippen molar-refractivity contribution in [2.45, 2.75) is 78.0 Å². The van der Waals surface area contributed by atoms with Crippen LogP contribution in [0.1, 0.15) is 84.3 Å². The largest absolute Gasteiger partial charge is 0.114 e. The average Bonchev–Trinajstić information content (AvgIpc) is 2.46. The van der Waals surface area contributed by atoms with E-state index in [1.165, 1.54) is 30.4 Å². The molecule has 0 amide bonds. The second-order valence-electron chi connectivity index (χ2n) is 7.19. The van der Waals surface area contributed by atoms with Crippen molar-refractivity contribution >= 4 is 11.6 Å². The van der Waals surface area contributed by atoms with E-state index < -0.39 is 0 Å². The van der Waals surface area contributed by atoms with Crippen LogP contribution in [-0.2, 0) is 4.87 Å². The van der Waals surface area contributed by atoms with Crippen molar-refractivity contribution in [1.29, 1.82) is 0 Å². The van der Waals surface area contributed by atoms with Gasteiger partial charge in [-0.3, -0.25) is 0 Å². The van der Waals surface area contributed by atoms with Gasteiger partial charge in [0.25, 0.3) is 0 Å². The third kappa shape index (κ3) is 5.66. The Balaban J connectivity index is 2.89. The Kier molecular flexibility index (Phi) is 7.27. The SMILES string of the molecule is CCC(C)CC(C)c1cccc(C(C)(Cl)CC(C)CC)c1. The zero-order valence-electron chi connectivity index (χ0n) is 14.7. The number of halogens is 1. The van der Waals surface area contributed by atoms with Crippen LogP contribution in [0.4, 0.5) is 0 Å². The van der Waals surface area contributed by atoms with Gasteiger partial charge in [-0.1, -0.05) is 71.7 Å². The molecule has 1 aromatic rings. The first-order chi connectivity index (χ1) is 9.80. The van der Waals surface area contributed by atoms with Crippen molar-refractivity contribution in [3.63, 3.8) is 0 Å². The van der Waals surface area contributed by atoms with Gasteiger partial charge in [0.15, 0.2) is 0 Å². The van der Waals surface area contributed by atoms with Gasteiger partial charge in [0, 0.05) is 0 Å². The quantitative estimate of drug-likeness (QED) is 0.449. The summed E-state index contributed by atoms with van der Waals surface area (Å²) >= 11 is 6.84. The standard InChI is InChI=1S/C20H33Cl/c1-7-15(3)12-17(5)18-10-9-11-19(13-18)20(6,21)14-16(4)8-2/h9-11,13,15-17H,7-8,12,14H2,1-6H3. The van der Waals surface area contributed by atoms with Crippen LogP contribution in [0.5, 0.6) is 0 Å². The van der Waals surface area contributed by atoms with Gasteiger partial charge in [0.05, 0.1) is 4.87 Å². The minimum absolute atomic E-state index is 0.248. The summed E-state index contributed by atoms with van der Waals surface area (Å²) in [4.78, 5) is -0.248. The zero-order valence-corrected chi connectivity index (χ0v) is 15.5. The molecule has 4 unspecified atom stereocenters. The van der Waals surface area contributed by atoms with Crippen LogP contribution in [-0.4, -0.2) is 0 Å². The molecule has 1 heteroatoms. The molecular formula is C20H33Cl. The number of hydrogen-bond donors (Lipinski definition) is 0. The van der Waals surface area contributed by atoms with Gasteiger partial charge in [-0.15, -0.1) is 11.6 Å². The first-order valence-corrected chi connectivity index (χ1v) is 8.97. The van der Waals surface area contributed by atoms with Gasteiger partial charge in [-0.2, -0.15) is 0 Å². The lowest BCUT2D eigenvalue weighted by molar-refractivity contribution is 0.438. The van der Waals surface area contributed by atoms with E-state index >= 15 is 0 Å². The van der Waals surface area contributed by atoms with Crippen molar-refractivity contribution < 1.29 is 0 Å². The van der Waals surface area contributed by atoms with Crippen molar-refractivity contribution in [3.05, 3.63) is 35.4 Å². The fourth-order valence-corrected chi connectivity index (χ4v) is 3.37. The monoisotopic (exact) mass is 308 g/mol. The molecule has 0 spiro atoms. The molecule has 0 saturated carbocycles. The fraction of sp³-hybridized carbons (Fsp3) is 0.700. The third-order valence-electron chi connectivity index (χ3n) is 4.94. The Morgan fingerprint density at radius 2 is 1.67 bits per heavy atom. The number of benzene rings is 1.